The van der Waals surface area contributed by atoms with Crippen LogP contribution >= 0.6 is 0 Å². The molecule has 0 spiro atoms. The maximum Gasteiger partial charge on any atom is 0.221 e. The maximum absolute atomic E-state index is 11.6. The van der Waals surface area contributed by atoms with E-state index in [1.807, 2.05) is 19.9 Å². The third-order valence-electron chi connectivity index (χ3n) is 3.10. The number of benzene rings is 1. The second kappa shape index (κ2) is 8.75. The molecule has 0 heterocycles. The summed E-state index contributed by atoms with van der Waals surface area (Å²) >= 11 is 0. The Morgan fingerprint density at radius 2 is 1.75 bits per heavy atom. The Kier molecular flexibility index (Phi) is 7.31. The minimum atomic E-state index is 0.115. The molecule has 0 aliphatic rings. The van der Waals surface area contributed by atoms with Crippen molar-refractivity contribution in [3.8, 4) is 0 Å². The number of carbonyl (C=O) groups excluding carboxylic acids is 1. The topological polar surface area (TPSA) is 41.1 Å². The van der Waals surface area contributed by atoms with Crippen molar-refractivity contribution in [2.45, 2.75) is 52.6 Å². The summed E-state index contributed by atoms with van der Waals surface area (Å²) in [5.41, 5.74) is 1.30. The number of rotatable bonds is 8. The first-order chi connectivity index (χ1) is 9.49. The van der Waals surface area contributed by atoms with E-state index in [0.717, 1.165) is 6.42 Å². The SMILES string of the molecule is CC(C)CC(NCCC(=O)NC(C)C)c1ccccc1. The third kappa shape index (κ3) is 6.71. The maximum atomic E-state index is 11.6. The first-order valence-corrected chi connectivity index (χ1v) is 7.56. The van der Waals surface area contributed by atoms with Gasteiger partial charge >= 0.3 is 0 Å². The molecular formula is C17H28N2O. The van der Waals surface area contributed by atoms with Crippen molar-refractivity contribution in [3.63, 3.8) is 0 Å². The van der Waals surface area contributed by atoms with E-state index in [4.69, 9.17) is 0 Å². The molecule has 1 rings (SSSR count). The number of hydrogen-bond acceptors (Lipinski definition) is 2. The van der Waals surface area contributed by atoms with Gasteiger partial charge in [0.1, 0.15) is 0 Å². The van der Waals surface area contributed by atoms with Gasteiger partial charge in [0, 0.05) is 25.0 Å². The fourth-order valence-electron chi connectivity index (χ4n) is 2.25. The van der Waals surface area contributed by atoms with Gasteiger partial charge < -0.3 is 10.6 Å². The number of nitrogens with one attached hydrogen (secondary N) is 2. The highest BCUT2D eigenvalue weighted by molar-refractivity contribution is 5.76. The van der Waals surface area contributed by atoms with Crippen LogP contribution in [0.4, 0.5) is 0 Å². The van der Waals surface area contributed by atoms with Crippen LogP contribution in [0.5, 0.6) is 0 Å². The van der Waals surface area contributed by atoms with Crippen molar-refractivity contribution >= 4 is 5.91 Å². The number of carbonyl (C=O) groups is 1. The van der Waals surface area contributed by atoms with Gasteiger partial charge in [-0.15, -0.1) is 0 Å². The van der Waals surface area contributed by atoms with Crippen molar-refractivity contribution in [3.05, 3.63) is 35.9 Å². The molecular weight excluding hydrogens is 248 g/mol. The minimum Gasteiger partial charge on any atom is -0.354 e. The average Bonchev–Trinajstić information content (AvgIpc) is 2.37. The Morgan fingerprint density at radius 3 is 2.30 bits per heavy atom. The van der Waals surface area contributed by atoms with Crippen molar-refractivity contribution in [1.29, 1.82) is 0 Å². The largest absolute Gasteiger partial charge is 0.354 e. The lowest BCUT2D eigenvalue weighted by atomic mass is 9.97. The van der Waals surface area contributed by atoms with Crippen LogP contribution in [0, 0.1) is 5.92 Å². The highest BCUT2D eigenvalue weighted by Gasteiger charge is 2.13. The fraction of sp³-hybridized carbons (Fsp3) is 0.588. The van der Waals surface area contributed by atoms with Crippen molar-refractivity contribution in [1.82, 2.24) is 10.6 Å². The summed E-state index contributed by atoms with van der Waals surface area (Å²) in [5.74, 6) is 0.737. The van der Waals surface area contributed by atoms with Gasteiger partial charge in [-0.3, -0.25) is 4.79 Å². The fourth-order valence-corrected chi connectivity index (χ4v) is 2.25. The molecule has 20 heavy (non-hydrogen) atoms. The molecule has 112 valence electrons. The van der Waals surface area contributed by atoms with Gasteiger partial charge in [0.15, 0.2) is 0 Å². The van der Waals surface area contributed by atoms with Crippen molar-refractivity contribution < 1.29 is 4.79 Å². The molecule has 0 fully saturated rings. The Morgan fingerprint density at radius 1 is 1.10 bits per heavy atom. The minimum absolute atomic E-state index is 0.115. The first kappa shape index (κ1) is 16.7. The Labute approximate surface area is 123 Å². The lowest BCUT2D eigenvalue weighted by Gasteiger charge is -2.21. The average molecular weight is 276 g/mol. The predicted molar refractivity (Wildman–Crippen MR) is 84.5 cm³/mol. The van der Waals surface area contributed by atoms with E-state index in [-0.39, 0.29) is 11.9 Å². The zero-order valence-electron chi connectivity index (χ0n) is 13.1. The molecule has 0 aromatic heterocycles. The van der Waals surface area contributed by atoms with Crippen LogP contribution in [-0.4, -0.2) is 18.5 Å². The van der Waals surface area contributed by atoms with E-state index in [1.165, 1.54) is 5.56 Å². The van der Waals surface area contributed by atoms with Crippen LogP contribution in [0.25, 0.3) is 0 Å². The van der Waals surface area contributed by atoms with E-state index in [1.54, 1.807) is 0 Å². The highest BCUT2D eigenvalue weighted by atomic mass is 16.1. The Hall–Kier alpha value is -1.35. The number of hydrogen-bond donors (Lipinski definition) is 2. The van der Waals surface area contributed by atoms with Gasteiger partial charge in [-0.05, 0) is 31.7 Å². The second-order valence-corrected chi connectivity index (χ2v) is 6.02. The summed E-state index contributed by atoms with van der Waals surface area (Å²) in [6.45, 7) is 9.13. The van der Waals surface area contributed by atoms with E-state index < -0.39 is 0 Å². The summed E-state index contributed by atoms with van der Waals surface area (Å²) in [4.78, 5) is 11.6. The zero-order chi connectivity index (χ0) is 15.0. The molecule has 1 aromatic rings. The van der Waals surface area contributed by atoms with Crippen LogP contribution in [0.3, 0.4) is 0 Å². The van der Waals surface area contributed by atoms with Gasteiger partial charge in [0.2, 0.25) is 5.91 Å². The van der Waals surface area contributed by atoms with E-state index in [9.17, 15) is 4.79 Å². The molecule has 1 atom stereocenters. The molecule has 1 unspecified atom stereocenters. The molecule has 1 amide bonds. The van der Waals surface area contributed by atoms with Gasteiger partial charge in [-0.2, -0.15) is 0 Å². The van der Waals surface area contributed by atoms with Crippen LogP contribution in [-0.2, 0) is 4.79 Å². The highest BCUT2D eigenvalue weighted by Crippen LogP contribution is 2.20. The van der Waals surface area contributed by atoms with Gasteiger partial charge in [-0.1, -0.05) is 44.2 Å². The van der Waals surface area contributed by atoms with Crippen LogP contribution in [0.1, 0.15) is 52.1 Å². The van der Waals surface area contributed by atoms with Crippen molar-refractivity contribution in [2.75, 3.05) is 6.54 Å². The lowest BCUT2D eigenvalue weighted by Crippen LogP contribution is -2.33. The molecule has 2 N–H and O–H groups in total. The molecule has 0 bridgehead atoms. The summed E-state index contributed by atoms with van der Waals surface area (Å²) in [6, 6.07) is 11.0. The molecule has 3 heteroatoms. The third-order valence-corrected chi connectivity index (χ3v) is 3.10. The normalized spacial score (nSPS) is 12.7. The summed E-state index contributed by atoms with van der Waals surface area (Å²) in [7, 11) is 0. The molecule has 0 saturated heterocycles. The molecule has 1 aromatic carbocycles. The lowest BCUT2D eigenvalue weighted by molar-refractivity contribution is -0.121. The standard InChI is InChI=1S/C17H28N2O/c1-13(2)12-16(15-8-6-5-7-9-15)18-11-10-17(20)19-14(3)4/h5-9,13-14,16,18H,10-12H2,1-4H3,(H,19,20). The molecule has 0 radical (unpaired) electrons. The molecule has 0 saturated carbocycles. The summed E-state index contributed by atoms with van der Waals surface area (Å²) < 4.78 is 0. The van der Waals surface area contributed by atoms with E-state index in [2.05, 4.69) is 48.7 Å². The number of amides is 1. The van der Waals surface area contributed by atoms with Gasteiger partial charge in [0.05, 0.1) is 0 Å². The smallest absolute Gasteiger partial charge is 0.221 e. The van der Waals surface area contributed by atoms with Crippen LogP contribution < -0.4 is 10.6 Å². The molecule has 0 aliphatic heterocycles. The van der Waals surface area contributed by atoms with Crippen molar-refractivity contribution in [2.24, 2.45) is 5.92 Å². The monoisotopic (exact) mass is 276 g/mol. The van der Waals surface area contributed by atoms with Crippen LogP contribution in [0.2, 0.25) is 0 Å². The first-order valence-electron chi connectivity index (χ1n) is 7.56. The molecule has 0 aliphatic carbocycles. The predicted octanol–water partition coefficient (Wildman–Crippen LogP) is 3.28. The quantitative estimate of drug-likeness (QED) is 0.765. The van der Waals surface area contributed by atoms with E-state index in [0.29, 0.717) is 24.9 Å². The van der Waals surface area contributed by atoms with Crippen LogP contribution in [0.15, 0.2) is 30.3 Å². The summed E-state index contributed by atoms with van der Waals surface area (Å²) in [6.07, 6.45) is 1.61. The van der Waals surface area contributed by atoms with E-state index >= 15 is 0 Å². The second-order valence-electron chi connectivity index (χ2n) is 6.02. The van der Waals surface area contributed by atoms with Gasteiger partial charge in [-0.25, -0.2) is 0 Å². The molecule has 3 nitrogen and oxygen atoms in total. The Balaban J connectivity index is 2.48. The Bertz CT molecular complexity index is 387. The summed E-state index contributed by atoms with van der Waals surface area (Å²) in [5, 5.41) is 6.43. The zero-order valence-corrected chi connectivity index (χ0v) is 13.1. The van der Waals surface area contributed by atoms with Gasteiger partial charge in [0.25, 0.3) is 0 Å².